The van der Waals surface area contributed by atoms with Gasteiger partial charge >= 0.3 is 0 Å². The number of anilines is 4. The first-order valence-corrected chi connectivity index (χ1v) is 12.5. The largest absolute Gasteiger partial charge is 0.493 e. The number of amides is 1. The maximum atomic E-state index is 14.5. The predicted molar refractivity (Wildman–Crippen MR) is 149 cm³/mol. The molecule has 3 heterocycles. The molecule has 2 aromatic heterocycles. The summed E-state index contributed by atoms with van der Waals surface area (Å²) in [4.78, 5) is 25.7. The average Bonchev–Trinajstić information content (AvgIpc) is 3.50. The zero-order chi connectivity index (χ0) is 27.0. The smallest absolute Gasteiger partial charge is 0.227 e. The van der Waals surface area contributed by atoms with Crippen molar-refractivity contribution in [3.63, 3.8) is 0 Å². The Hall–Kier alpha value is -4.18. The summed E-state index contributed by atoms with van der Waals surface area (Å²) in [5, 5.41) is 6.96. The van der Waals surface area contributed by atoms with E-state index in [0.717, 1.165) is 47.5 Å². The number of fused-ring (bicyclic) bond motifs is 1. The van der Waals surface area contributed by atoms with Crippen LogP contribution in [0.3, 0.4) is 0 Å². The van der Waals surface area contributed by atoms with Crippen molar-refractivity contribution < 1.29 is 13.9 Å². The summed E-state index contributed by atoms with van der Waals surface area (Å²) in [6.07, 6.45) is 4.49. The minimum absolute atomic E-state index is 0.141. The van der Waals surface area contributed by atoms with Crippen LogP contribution in [0.2, 0.25) is 0 Å². The summed E-state index contributed by atoms with van der Waals surface area (Å²) in [6.45, 7) is 3.31. The van der Waals surface area contributed by atoms with Crippen LogP contribution >= 0.6 is 0 Å². The zero-order valence-corrected chi connectivity index (χ0v) is 22.2. The van der Waals surface area contributed by atoms with Crippen LogP contribution in [0.5, 0.6) is 5.75 Å². The molecule has 2 N–H and O–H groups in total. The summed E-state index contributed by atoms with van der Waals surface area (Å²) in [6, 6.07) is 11.3. The van der Waals surface area contributed by atoms with Gasteiger partial charge in [-0.25, -0.2) is 14.4 Å². The highest BCUT2D eigenvalue weighted by molar-refractivity contribution is 5.97. The van der Waals surface area contributed by atoms with Gasteiger partial charge in [-0.3, -0.25) is 4.79 Å². The molecule has 10 heteroatoms. The van der Waals surface area contributed by atoms with Crippen LogP contribution in [-0.4, -0.2) is 65.7 Å². The molecular formula is C28H32FN7O2. The zero-order valence-electron chi connectivity index (χ0n) is 22.2. The number of benzene rings is 2. The topological polar surface area (TPSA) is 87.6 Å². The Morgan fingerprint density at radius 2 is 2.05 bits per heavy atom. The van der Waals surface area contributed by atoms with E-state index in [4.69, 9.17) is 9.72 Å². The third-order valence-electron chi connectivity index (χ3n) is 6.98. The quantitative estimate of drug-likeness (QED) is 0.370. The highest BCUT2D eigenvalue weighted by atomic mass is 19.1. The van der Waals surface area contributed by atoms with Gasteiger partial charge in [0.05, 0.1) is 30.2 Å². The van der Waals surface area contributed by atoms with E-state index in [2.05, 4.69) is 39.5 Å². The van der Waals surface area contributed by atoms with Gasteiger partial charge < -0.3 is 29.7 Å². The van der Waals surface area contributed by atoms with E-state index in [9.17, 15) is 9.18 Å². The number of hydrogen-bond acceptors (Lipinski definition) is 7. The maximum absolute atomic E-state index is 14.5. The van der Waals surface area contributed by atoms with E-state index in [1.807, 2.05) is 30.5 Å². The molecule has 1 atom stereocenters. The predicted octanol–water partition coefficient (Wildman–Crippen LogP) is 4.63. The first-order valence-electron chi connectivity index (χ1n) is 12.5. The lowest BCUT2D eigenvalue weighted by atomic mass is 10.1. The molecule has 1 aliphatic rings. The van der Waals surface area contributed by atoms with Crippen LogP contribution in [0.1, 0.15) is 13.3 Å². The first kappa shape index (κ1) is 25.5. The minimum atomic E-state index is -0.303. The second-order valence-electron chi connectivity index (χ2n) is 9.79. The Balaban J connectivity index is 1.49. The third kappa shape index (κ3) is 4.87. The number of methoxy groups -OCH3 is 1. The average molecular weight is 518 g/mol. The Labute approximate surface area is 221 Å². The van der Waals surface area contributed by atoms with Crippen molar-refractivity contribution in [3.8, 4) is 17.0 Å². The minimum Gasteiger partial charge on any atom is -0.493 e. The number of rotatable bonds is 7. The fourth-order valence-corrected chi connectivity index (χ4v) is 5.07. The number of carbonyl (C=O) groups excluding carboxylic acids is 1. The Morgan fingerprint density at radius 1 is 1.24 bits per heavy atom. The summed E-state index contributed by atoms with van der Waals surface area (Å²) >= 11 is 0. The number of para-hydroxylation sites is 1. The number of ether oxygens (including phenoxy) is 1. The summed E-state index contributed by atoms with van der Waals surface area (Å²) < 4.78 is 21.8. The number of likely N-dealkylation sites (N-methyl/N-ethyl adjacent to an activating group) is 1. The van der Waals surface area contributed by atoms with Crippen LogP contribution in [0.25, 0.3) is 22.2 Å². The van der Waals surface area contributed by atoms with Crippen molar-refractivity contribution in [3.05, 3.63) is 54.6 Å². The second-order valence-corrected chi connectivity index (χ2v) is 9.79. The molecule has 198 valence electrons. The molecule has 0 radical (unpaired) electrons. The van der Waals surface area contributed by atoms with Crippen molar-refractivity contribution in [2.75, 3.05) is 49.8 Å². The molecule has 1 saturated heterocycles. The molecule has 2 aromatic carbocycles. The molecule has 38 heavy (non-hydrogen) atoms. The molecule has 1 aliphatic heterocycles. The fourth-order valence-electron chi connectivity index (χ4n) is 5.07. The highest BCUT2D eigenvalue weighted by Crippen LogP contribution is 2.37. The summed E-state index contributed by atoms with van der Waals surface area (Å²) in [7, 11) is 7.54. The molecule has 9 nitrogen and oxygen atoms in total. The van der Waals surface area contributed by atoms with Gasteiger partial charge in [0.15, 0.2) is 5.75 Å². The number of nitrogens with one attached hydrogen (secondary N) is 2. The van der Waals surface area contributed by atoms with Crippen molar-refractivity contribution in [1.82, 2.24) is 19.4 Å². The number of carbonyl (C=O) groups is 1. The van der Waals surface area contributed by atoms with Crippen LogP contribution in [0.4, 0.5) is 27.4 Å². The monoisotopic (exact) mass is 517 g/mol. The molecule has 0 aliphatic carbocycles. The molecule has 1 unspecified atom stereocenters. The van der Waals surface area contributed by atoms with Gasteiger partial charge in [0.1, 0.15) is 11.5 Å². The van der Waals surface area contributed by atoms with E-state index in [1.165, 1.54) is 13.0 Å². The van der Waals surface area contributed by atoms with Gasteiger partial charge in [-0.2, -0.15) is 0 Å². The normalized spacial score (nSPS) is 15.3. The number of halogens is 1. The van der Waals surface area contributed by atoms with Crippen molar-refractivity contribution >= 4 is 39.8 Å². The molecule has 4 aromatic rings. The number of aromatic nitrogens is 3. The number of nitrogens with zero attached hydrogens (tertiary/aromatic N) is 5. The van der Waals surface area contributed by atoms with Gasteiger partial charge in [-0.05, 0) is 44.8 Å². The van der Waals surface area contributed by atoms with Crippen LogP contribution in [0.15, 0.2) is 48.8 Å². The first-order chi connectivity index (χ1) is 18.2. The van der Waals surface area contributed by atoms with Crippen molar-refractivity contribution in [1.29, 1.82) is 0 Å². The lowest BCUT2D eigenvalue weighted by Crippen LogP contribution is -2.31. The van der Waals surface area contributed by atoms with E-state index < -0.39 is 0 Å². The van der Waals surface area contributed by atoms with E-state index in [-0.39, 0.29) is 11.7 Å². The second kappa shape index (κ2) is 10.3. The highest BCUT2D eigenvalue weighted by Gasteiger charge is 2.26. The SMILES string of the molecule is COc1cnc(Nc2ccc(N3CCC(N(C)C)C3)c(NC(C)=O)c2)nc1-c1cn(C)c2c(F)cccc12. The molecule has 0 spiro atoms. The summed E-state index contributed by atoms with van der Waals surface area (Å²) in [5.74, 6) is 0.386. The lowest BCUT2D eigenvalue weighted by Gasteiger charge is -2.24. The van der Waals surface area contributed by atoms with Crippen LogP contribution in [0, 0.1) is 5.82 Å². The molecule has 1 amide bonds. The number of hydrogen-bond donors (Lipinski definition) is 2. The van der Waals surface area contributed by atoms with Gasteiger partial charge in [-0.1, -0.05) is 12.1 Å². The van der Waals surface area contributed by atoms with Gasteiger partial charge in [0, 0.05) is 55.9 Å². The number of aryl methyl sites for hydroxylation is 1. The molecule has 0 saturated carbocycles. The molecule has 5 rings (SSSR count). The van der Waals surface area contributed by atoms with Crippen molar-refractivity contribution in [2.24, 2.45) is 7.05 Å². The lowest BCUT2D eigenvalue weighted by molar-refractivity contribution is -0.114. The Bertz CT molecular complexity index is 1500. The van der Waals surface area contributed by atoms with Gasteiger partial charge in [0.25, 0.3) is 0 Å². The molecule has 1 fully saturated rings. The van der Waals surface area contributed by atoms with Crippen LogP contribution < -0.4 is 20.3 Å². The summed E-state index contributed by atoms with van der Waals surface area (Å²) in [5.41, 5.74) is 4.20. The molecule has 0 bridgehead atoms. The van der Waals surface area contributed by atoms with E-state index in [1.54, 1.807) is 31.0 Å². The van der Waals surface area contributed by atoms with E-state index in [0.29, 0.717) is 29.0 Å². The fraction of sp³-hybridized carbons (Fsp3) is 0.321. The maximum Gasteiger partial charge on any atom is 0.227 e. The van der Waals surface area contributed by atoms with Crippen molar-refractivity contribution in [2.45, 2.75) is 19.4 Å². The van der Waals surface area contributed by atoms with Gasteiger partial charge in [0.2, 0.25) is 11.9 Å². The van der Waals surface area contributed by atoms with E-state index >= 15 is 0 Å². The van der Waals surface area contributed by atoms with Gasteiger partial charge in [-0.15, -0.1) is 0 Å². The Morgan fingerprint density at radius 3 is 2.76 bits per heavy atom. The standard InChI is InChI=1S/C28H32FN7O2/c1-17(37)31-23-13-18(9-10-24(23)36-12-11-19(15-36)34(2)3)32-28-30-14-25(38-5)26(33-28)21-16-35(4)27-20(21)7-6-8-22(27)29/h6-10,13-14,16,19H,11-12,15H2,1-5H3,(H,31,37)(H,30,32,33). The molecular weight excluding hydrogens is 485 g/mol. The van der Waals surface area contributed by atoms with Crippen LogP contribution in [-0.2, 0) is 11.8 Å². The third-order valence-corrected chi connectivity index (χ3v) is 6.98. The Kier molecular flexibility index (Phi) is 6.90.